The van der Waals surface area contributed by atoms with E-state index >= 15 is 0 Å². The second-order valence-electron chi connectivity index (χ2n) is 10.0. The first-order valence-electron chi connectivity index (χ1n) is 13.1. The number of H-pyrrole nitrogens is 1. The van der Waals surface area contributed by atoms with E-state index in [-0.39, 0.29) is 17.6 Å². The van der Waals surface area contributed by atoms with Crippen LogP contribution in [0.15, 0.2) is 60.9 Å². The van der Waals surface area contributed by atoms with Crippen LogP contribution in [0, 0.1) is 0 Å². The van der Waals surface area contributed by atoms with Gasteiger partial charge in [-0.15, -0.1) is 0 Å². The van der Waals surface area contributed by atoms with Gasteiger partial charge in [-0.25, -0.2) is 12.7 Å². The van der Waals surface area contributed by atoms with Crippen molar-refractivity contribution in [2.45, 2.75) is 32.2 Å². The Morgan fingerprint density at radius 2 is 1.85 bits per heavy atom. The van der Waals surface area contributed by atoms with E-state index in [2.05, 4.69) is 16.4 Å². The number of nitrogens with zero attached hydrogens (tertiary/aromatic N) is 2. The zero-order valence-electron chi connectivity index (χ0n) is 22.1. The standard InChI is InChI=1S/C29H33N5O4S/c1-3-39(37,38)34-12-9-20(10-13-34)25-18-31-27-23(25)15-22(16-24(27)28(30)35)21-7-4-6-19(14-21)17-32-29(36)26-8-5-11-33(26)2/h4-8,11,14-16,18,20,31H,3,9-10,12-13,17H2,1-2H3,(H2,30,35)(H,32,36). The lowest BCUT2D eigenvalue weighted by Gasteiger charge is -2.31. The van der Waals surface area contributed by atoms with Gasteiger partial charge in [0.15, 0.2) is 0 Å². The Bertz CT molecular complexity index is 1650. The van der Waals surface area contributed by atoms with Gasteiger partial charge in [0.25, 0.3) is 11.8 Å². The van der Waals surface area contributed by atoms with Gasteiger partial charge in [-0.2, -0.15) is 0 Å². The smallest absolute Gasteiger partial charge is 0.268 e. The summed E-state index contributed by atoms with van der Waals surface area (Å²) in [5, 5.41) is 3.88. The van der Waals surface area contributed by atoms with Gasteiger partial charge in [0.1, 0.15) is 5.69 Å². The van der Waals surface area contributed by atoms with E-state index in [4.69, 9.17) is 5.73 Å². The van der Waals surface area contributed by atoms with Crippen LogP contribution in [0.3, 0.4) is 0 Å². The molecule has 9 nitrogen and oxygen atoms in total. The molecule has 204 valence electrons. The largest absolute Gasteiger partial charge is 0.366 e. The molecule has 0 radical (unpaired) electrons. The molecule has 1 fully saturated rings. The highest BCUT2D eigenvalue weighted by atomic mass is 32.2. The highest BCUT2D eigenvalue weighted by molar-refractivity contribution is 7.89. The molecule has 3 heterocycles. The van der Waals surface area contributed by atoms with Crippen molar-refractivity contribution in [2.75, 3.05) is 18.8 Å². The fourth-order valence-electron chi connectivity index (χ4n) is 5.41. The van der Waals surface area contributed by atoms with Crippen LogP contribution in [-0.4, -0.2) is 52.9 Å². The third-order valence-electron chi connectivity index (χ3n) is 7.63. The lowest BCUT2D eigenvalue weighted by Crippen LogP contribution is -2.38. The predicted octanol–water partition coefficient (Wildman–Crippen LogP) is 3.73. The summed E-state index contributed by atoms with van der Waals surface area (Å²) in [4.78, 5) is 28.2. The van der Waals surface area contributed by atoms with E-state index in [0.717, 1.165) is 27.6 Å². The first kappa shape index (κ1) is 26.7. The average Bonchev–Trinajstić information content (AvgIpc) is 3.57. The molecule has 2 aromatic carbocycles. The molecule has 0 saturated carbocycles. The highest BCUT2D eigenvalue weighted by Gasteiger charge is 2.29. The molecule has 0 unspecified atom stereocenters. The van der Waals surface area contributed by atoms with Crippen molar-refractivity contribution in [3.8, 4) is 11.1 Å². The van der Waals surface area contributed by atoms with Crippen molar-refractivity contribution in [1.29, 1.82) is 0 Å². The minimum atomic E-state index is -3.21. The number of benzene rings is 2. The van der Waals surface area contributed by atoms with Crippen molar-refractivity contribution in [3.05, 3.63) is 83.3 Å². The van der Waals surface area contributed by atoms with E-state index < -0.39 is 15.9 Å². The van der Waals surface area contributed by atoms with Gasteiger partial charge in [0, 0.05) is 44.5 Å². The molecule has 0 aliphatic carbocycles. The molecule has 39 heavy (non-hydrogen) atoms. The van der Waals surface area contributed by atoms with Crippen molar-refractivity contribution in [1.82, 2.24) is 19.2 Å². The summed E-state index contributed by atoms with van der Waals surface area (Å²) >= 11 is 0. The van der Waals surface area contributed by atoms with Crippen LogP contribution >= 0.6 is 0 Å². The number of carbonyl (C=O) groups is 2. The maximum absolute atomic E-state index is 12.5. The number of nitrogens with two attached hydrogens (primary N) is 1. The molecule has 2 aromatic heterocycles. The Morgan fingerprint density at radius 1 is 1.08 bits per heavy atom. The Morgan fingerprint density at radius 3 is 2.51 bits per heavy atom. The van der Waals surface area contributed by atoms with E-state index in [0.29, 0.717) is 49.2 Å². The van der Waals surface area contributed by atoms with E-state index in [1.165, 1.54) is 0 Å². The molecular weight excluding hydrogens is 514 g/mol. The fraction of sp³-hybridized carbons (Fsp3) is 0.310. The molecule has 1 saturated heterocycles. The minimum absolute atomic E-state index is 0.102. The van der Waals surface area contributed by atoms with Gasteiger partial charge in [-0.3, -0.25) is 9.59 Å². The number of primary amides is 1. The highest BCUT2D eigenvalue weighted by Crippen LogP contribution is 2.37. The van der Waals surface area contributed by atoms with Crippen molar-refractivity contribution >= 4 is 32.7 Å². The number of carbonyl (C=O) groups excluding carboxylic acids is 2. The zero-order valence-corrected chi connectivity index (χ0v) is 22.9. The molecular formula is C29H33N5O4S. The topological polar surface area (TPSA) is 130 Å². The SMILES string of the molecule is CCS(=O)(=O)N1CCC(c2c[nH]c3c(C(N)=O)cc(-c4cccc(CNC(=O)c5cccn5C)c4)cc23)CC1. The number of hydrogen-bond donors (Lipinski definition) is 3. The summed E-state index contributed by atoms with van der Waals surface area (Å²) in [7, 11) is -1.38. The summed E-state index contributed by atoms with van der Waals surface area (Å²) < 4.78 is 28.0. The van der Waals surface area contributed by atoms with Crippen molar-refractivity contribution < 1.29 is 18.0 Å². The van der Waals surface area contributed by atoms with Gasteiger partial charge in [-0.05, 0) is 78.3 Å². The molecule has 1 aliphatic heterocycles. The summed E-state index contributed by atoms with van der Waals surface area (Å²) in [5.41, 5.74) is 11.2. The number of fused-ring (bicyclic) bond motifs is 1. The number of sulfonamides is 1. The second kappa shape index (κ2) is 10.7. The molecule has 0 atom stereocenters. The van der Waals surface area contributed by atoms with Crippen LogP contribution in [0.25, 0.3) is 22.0 Å². The molecule has 0 bridgehead atoms. The third kappa shape index (κ3) is 5.35. The van der Waals surface area contributed by atoms with E-state index in [1.54, 1.807) is 27.9 Å². The number of nitrogens with one attached hydrogen (secondary N) is 2. The molecule has 5 rings (SSSR count). The lowest BCUT2D eigenvalue weighted by atomic mass is 9.88. The van der Waals surface area contributed by atoms with Gasteiger partial charge in [-0.1, -0.05) is 18.2 Å². The average molecular weight is 548 g/mol. The van der Waals surface area contributed by atoms with E-state index in [1.807, 2.05) is 49.8 Å². The van der Waals surface area contributed by atoms with Crippen molar-refractivity contribution in [3.63, 3.8) is 0 Å². The minimum Gasteiger partial charge on any atom is -0.366 e. The summed E-state index contributed by atoms with van der Waals surface area (Å²) in [6, 6.07) is 15.3. The fourth-order valence-corrected chi connectivity index (χ4v) is 6.54. The molecule has 0 spiro atoms. The van der Waals surface area contributed by atoms with Crippen LogP contribution in [0.4, 0.5) is 0 Å². The first-order chi connectivity index (χ1) is 18.7. The normalized spacial score (nSPS) is 15.0. The maximum Gasteiger partial charge on any atom is 0.268 e. The van der Waals surface area contributed by atoms with Crippen LogP contribution in [-0.2, 0) is 23.6 Å². The van der Waals surface area contributed by atoms with Gasteiger partial charge < -0.3 is 20.6 Å². The number of aryl methyl sites for hydroxylation is 1. The number of amides is 2. The van der Waals surface area contributed by atoms with Gasteiger partial charge in [0.2, 0.25) is 10.0 Å². The monoisotopic (exact) mass is 547 g/mol. The molecule has 10 heteroatoms. The van der Waals surface area contributed by atoms with Crippen LogP contribution in [0.5, 0.6) is 0 Å². The summed E-state index contributed by atoms with van der Waals surface area (Å²) in [6.07, 6.45) is 5.16. The molecule has 4 aromatic rings. The molecule has 4 N–H and O–H groups in total. The Hall–Kier alpha value is -3.89. The number of aromatic amines is 1. The number of piperidine rings is 1. The Balaban J connectivity index is 1.43. The Kier molecular flexibility index (Phi) is 7.33. The number of rotatable bonds is 8. The van der Waals surface area contributed by atoms with Crippen LogP contribution in [0.1, 0.15) is 57.7 Å². The number of hydrogen-bond acceptors (Lipinski definition) is 4. The quantitative estimate of drug-likeness (QED) is 0.310. The summed E-state index contributed by atoms with van der Waals surface area (Å²) in [6.45, 7) is 2.98. The Labute approximate surface area is 228 Å². The first-order valence-corrected chi connectivity index (χ1v) is 14.7. The lowest BCUT2D eigenvalue weighted by molar-refractivity contribution is 0.0941. The zero-order chi connectivity index (χ0) is 27.7. The van der Waals surface area contributed by atoms with Gasteiger partial charge >= 0.3 is 0 Å². The summed E-state index contributed by atoms with van der Waals surface area (Å²) in [5.74, 6) is -0.410. The number of aromatic nitrogens is 2. The van der Waals surface area contributed by atoms with E-state index in [9.17, 15) is 18.0 Å². The molecule has 2 amide bonds. The molecule has 1 aliphatic rings. The van der Waals surface area contributed by atoms with Crippen LogP contribution < -0.4 is 11.1 Å². The second-order valence-corrected chi connectivity index (χ2v) is 12.3. The van der Waals surface area contributed by atoms with Crippen LogP contribution in [0.2, 0.25) is 0 Å². The maximum atomic E-state index is 12.5. The van der Waals surface area contributed by atoms with Crippen molar-refractivity contribution in [2.24, 2.45) is 12.8 Å². The van der Waals surface area contributed by atoms with Gasteiger partial charge in [0.05, 0.1) is 16.8 Å². The third-order valence-corrected chi connectivity index (χ3v) is 9.51. The predicted molar refractivity (Wildman–Crippen MR) is 152 cm³/mol.